The Labute approximate surface area is 280 Å². The van der Waals surface area contributed by atoms with E-state index < -0.39 is 0 Å². The molecule has 5 nitrogen and oxygen atoms in total. The molecule has 0 N–H and O–H groups in total. The lowest BCUT2D eigenvalue weighted by Crippen LogP contribution is -2.29. The van der Waals surface area contributed by atoms with Gasteiger partial charge < -0.3 is 9.30 Å². The van der Waals surface area contributed by atoms with Crippen LogP contribution in [-0.4, -0.2) is 16.4 Å². The number of anilines is 1. The largest absolute Gasteiger partial charge is 0.458 e. The van der Waals surface area contributed by atoms with Crippen molar-refractivity contribution in [2.45, 2.75) is 32.6 Å². The average molecular weight is 629 g/mol. The van der Waals surface area contributed by atoms with Crippen molar-refractivity contribution >= 4 is 41.4 Å². The van der Waals surface area contributed by atoms with Crippen LogP contribution in [0.15, 0.2) is 133 Å². The minimum atomic E-state index is -0.335. The Hall–Kier alpha value is -5.94. The van der Waals surface area contributed by atoms with Gasteiger partial charge in [0.25, 0.3) is 11.8 Å². The van der Waals surface area contributed by atoms with Gasteiger partial charge in [-0.3, -0.25) is 9.59 Å². The summed E-state index contributed by atoms with van der Waals surface area (Å²) in [6.07, 6.45) is 14.0. The van der Waals surface area contributed by atoms with Gasteiger partial charge in [0.15, 0.2) is 0 Å². The van der Waals surface area contributed by atoms with Crippen LogP contribution in [0.2, 0.25) is 0 Å². The Morgan fingerprint density at radius 1 is 0.750 bits per heavy atom. The highest BCUT2D eigenvalue weighted by Gasteiger charge is 2.36. The van der Waals surface area contributed by atoms with Crippen LogP contribution in [0.4, 0.5) is 5.69 Å². The van der Waals surface area contributed by atoms with Gasteiger partial charge >= 0.3 is 0 Å². The molecule has 2 amide bonds. The lowest BCUT2D eigenvalue weighted by molar-refractivity contribution is 0.0926. The molecular weight excluding hydrogens is 592 g/mol. The van der Waals surface area contributed by atoms with Gasteiger partial charge in [-0.05, 0) is 122 Å². The van der Waals surface area contributed by atoms with E-state index in [4.69, 9.17) is 4.74 Å². The Kier molecular flexibility index (Phi) is 8.12. The number of amides is 2. The maximum atomic E-state index is 13.5. The summed E-state index contributed by atoms with van der Waals surface area (Å²) in [6.45, 7) is 14.4. The SMILES string of the molecule is C=C/C(=C\C)Oc1ccc(N2C(=O)c3ccc(Cc4ccc5c(=C)n(-c6ccc(CC7=CCCC=C7)cc6)c(=C)c5c4)cc3C2=O)cc1. The summed E-state index contributed by atoms with van der Waals surface area (Å²) in [5.41, 5.74) is 7.01. The second-order valence-electron chi connectivity index (χ2n) is 12.2. The zero-order chi connectivity index (χ0) is 33.4. The zero-order valence-corrected chi connectivity index (χ0v) is 27.0. The number of imide groups is 1. The fraction of sp³-hybridized carbons (Fsp3) is 0.116. The van der Waals surface area contributed by atoms with Crippen LogP contribution in [0, 0.1) is 0 Å². The molecule has 48 heavy (non-hydrogen) atoms. The maximum Gasteiger partial charge on any atom is 0.266 e. The summed E-state index contributed by atoms with van der Waals surface area (Å²) in [7, 11) is 0. The van der Waals surface area contributed by atoms with Crippen molar-refractivity contribution in [3.63, 3.8) is 0 Å². The van der Waals surface area contributed by atoms with E-state index in [1.165, 1.54) is 16.0 Å². The Morgan fingerprint density at radius 3 is 2.12 bits per heavy atom. The smallest absolute Gasteiger partial charge is 0.266 e. The third kappa shape index (κ3) is 5.64. The summed E-state index contributed by atoms with van der Waals surface area (Å²) < 4.78 is 7.87. The molecule has 0 radical (unpaired) electrons. The van der Waals surface area contributed by atoms with Crippen LogP contribution in [0.1, 0.15) is 57.2 Å². The Morgan fingerprint density at radius 2 is 1.42 bits per heavy atom. The lowest BCUT2D eigenvalue weighted by Gasteiger charge is -2.14. The molecule has 7 rings (SSSR count). The van der Waals surface area contributed by atoms with Gasteiger partial charge in [0.05, 0.1) is 16.8 Å². The highest BCUT2D eigenvalue weighted by atomic mass is 16.5. The molecule has 0 unspecified atom stereocenters. The molecule has 4 aromatic carbocycles. The molecule has 236 valence electrons. The van der Waals surface area contributed by atoms with Crippen LogP contribution in [0.25, 0.3) is 29.6 Å². The molecule has 5 heteroatoms. The Bertz CT molecular complexity index is 2300. The first-order valence-electron chi connectivity index (χ1n) is 16.2. The zero-order valence-electron chi connectivity index (χ0n) is 27.0. The summed E-state index contributed by atoms with van der Waals surface area (Å²) in [4.78, 5) is 28.0. The van der Waals surface area contributed by atoms with E-state index in [1.807, 2.05) is 25.1 Å². The van der Waals surface area contributed by atoms with E-state index >= 15 is 0 Å². The molecule has 0 saturated heterocycles. The van der Waals surface area contributed by atoms with Crippen LogP contribution < -0.4 is 20.3 Å². The van der Waals surface area contributed by atoms with Gasteiger partial charge in [-0.15, -0.1) is 0 Å². The van der Waals surface area contributed by atoms with E-state index in [-0.39, 0.29) is 11.8 Å². The number of hydrogen-bond acceptors (Lipinski definition) is 3. The molecule has 0 spiro atoms. The quantitative estimate of drug-likeness (QED) is 0.0941. The second-order valence-corrected chi connectivity index (χ2v) is 12.2. The fourth-order valence-electron chi connectivity index (χ4n) is 6.59. The number of aromatic nitrogens is 1. The Balaban J connectivity index is 1.11. The van der Waals surface area contributed by atoms with Gasteiger partial charge in [-0.25, -0.2) is 4.90 Å². The number of fused-ring (bicyclic) bond motifs is 2. The van der Waals surface area contributed by atoms with E-state index in [2.05, 4.69) is 85.0 Å². The van der Waals surface area contributed by atoms with Crippen LogP contribution in [0.3, 0.4) is 0 Å². The average Bonchev–Trinajstić information content (AvgIpc) is 3.51. The molecule has 2 heterocycles. The van der Waals surface area contributed by atoms with Gasteiger partial charge in [0, 0.05) is 27.2 Å². The standard InChI is InChI=1S/C43H36N2O3/c1-5-36(6-2)48-37-20-18-35(19-21-37)45-42(46)39-23-15-33(27-41(39)43(45)47)25-32-14-22-38-28(3)44(29(4)40(38)26-32)34-16-12-31(13-17-34)24-30-10-8-7-9-11-30/h5-6,8,10-23,26-27H,1,3-4,7,9,24-25H2,2H3/b36-6+. The van der Waals surface area contributed by atoms with Gasteiger partial charge in [0.1, 0.15) is 11.5 Å². The molecule has 5 aromatic rings. The molecule has 0 fully saturated rings. The number of rotatable bonds is 9. The van der Waals surface area contributed by atoms with E-state index in [0.29, 0.717) is 34.7 Å². The summed E-state index contributed by atoms with van der Waals surface area (Å²) >= 11 is 0. The van der Waals surface area contributed by atoms with Crippen molar-refractivity contribution in [1.82, 2.24) is 4.57 Å². The molecule has 1 aromatic heterocycles. The predicted octanol–water partition coefficient (Wildman–Crippen LogP) is 8.13. The van der Waals surface area contributed by atoms with Gasteiger partial charge in [-0.2, -0.15) is 0 Å². The molecule has 0 bridgehead atoms. The first-order chi connectivity index (χ1) is 23.3. The lowest BCUT2D eigenvalue weighted by atomic mass is 9.99. The summed E-state index contributed by atoms with van der Waals surface area (Å²) in [6, 6.07) is 27.4. The third-order valence-corrected chi connectivity index (χ3v) is 9.10. The normalized spacial score (nSPS) is 14.4. The number of carbonyl (C=O) groups excluding carboxylic acids is 2. The van der Waals surface area contributed by atoms with Crippen LogP contribution in [-0.2, 0) is 12.8 Å². The molecule has 0 atom stereocenters. The monoisotopic (exact) mass is 628 g/mol. The molecule has 1 aliphatic carbocycles. The number of carbonyl (C=O) groups is 2. The van der Waals surface area contributed by atoms with E-state index in [0.717, 1.165) is 57.5 Å². The fourth-order valence-corrected chi connectivity index (χ4v) is 6.59. The summed E-state index contributed by atoms with van der Waals surface area (Å²) in [5.74, 6) is 0.543. The molecule has 0 saturated carbocycles. The minimum Gasteiger partial charge on any atom is -0.458 e. The van der Waals surface area contributed by atoms with Crippen molar-refractivity contribution in [3.05, 3.63) is 172 Å². The van der Waals surface area contributed by atoms with Crippen molar-refractivity contribution in [1.29, 1.82) is 0 Å². The van der Waals surface area contributed by atoms with Gasteiger partial charge in [-0.1, -0.05) is 68.3 Å². The van der Waals surface area contributed by atoms with Crippen molar-refractivity contribution in [2.75, 3.05) is 4.90 Å². The first kappa shape index (κ1) is 30.7. The molecule has 1 aliphatic heterocycles. The summed E-state index contributed by atoms with van der Waals surface area (Å²) in [5, 5.41) is 3.88. The maximum absolute atomic E-state index is 13.5. The number of nitrogens with zero attached hydrogens (tertiary/aromatic N) is 2. The topological polar surface area (TPSA) is 51.5 Å². The number of allylic oxidation sites excluding steroid dienone is 6. The highest BCUT2D eigenvalue weighted by Crippen LogP contribution is 2.31. The number of ether oxygens (including phenoxy) is 1. The van der Waals surface area contributed by atoms with Gasteiger partial charge in [0.2, 0.25) is 0 Å². The van der Waals surface area contributed by atoms with Crippen molar-refractivity contribution in [2.24, 2.45) is 0 Å². The third-order valence-electron chi connectivity index (χ3n) is 9.10. The minimum absolute atomic E-state index is 0.334. The molecule has 2 aliphatic rings. The first-order valence-corrected chi connectivity index (χ1v) is 16.2. The van der Waals surface area contributed by atoms with Crippen LogP contribution >= 0.6 is 0 Å². The highest BCUT2D eigenvalue weighted by molar-refractivity contribution is 6.34. The van der Waals surface area contributed by atoms with Crippen LogP contribution in [0.5, 0.6) is 5.75 Å². The van der Waals surface area contributed by atoms with E-state index in [1.54, 1.807) is 36.4 Å². The van der Waals surface area contributed by atoms with E-state index in [9.17, 15) is 9.59 Å². The number of hydrogen-bond donors (Lipinski definition) is 0. The van der Waals surface area contributed by atoms with Crippen molar-refractivity contribution in [3.8, 4) is 11.4 Å². The number of benzene rings is 4. The second kappa shape index (κ2) is 12.7. The predicted molar refractivity (Wildman–Crippen MR) is 195 cm³/mol. The molecular formula is C43H36N2O3. The van der Waals surface area contributed by atoms with Crippen molar-refractivity contribution < 1.29 is 14.3 Å².